The van der Waals surface area contributed by atoms with Crippen LogP contribution in [0.4, 0.5) is 0 Å². The first-order valence-electron chi connectivity index (χ1n) is 9.61. The zero-order valence-corrected chi connectivity index (χ0v) is 19.6. The van der Waals surface area contributed by atoms with Crippen LogP contribution in [0.5, 0.6) is 0 Å². The maximum absolute atomic E-state index is 11.8. The maximum Gasteiger partial charge on any atom is 0.307 e. The number of hydrogen-bond acceptors (Lipinski definition) is 5. The number of carbonyl (C=O) groups excluding carboxylic acids is 1. The van der Waals surface area contributed by atoms with Crippen LogP contribution in [0, 0.1) is 17.8 Å². The van der Waals surface area contributed by atoms with E-state index in [1.807, 2.05) is 26.0 Å². The molecule has 0 spiro atoms. The molecule has 0 unspecified atom stereocenters. The van der Waals surface area contributed by atoms with Crippen molar-refractivity contribution in [1.82, 2.24) is 4.72 Å². The maximum atomic E-state index is 11.8. The predicted molar refractivity (Wildman–Crippen MR) is 129 cm³/mol. The third-order valence-corrected chi connectivity index (χ3v) is 5.99. The lowest BCUT2D eigenvalue weighted by atomic mass is 9.89. The van der Waals surface area contributed by atoms with Gasteiger partial charge in [0, 0.05) is 25.7 Å². The summed E-state index contributed by atoms with van der Waals surface area (Å²) in [6.45, 7) is 10.3. The second-order valence-electron chi connectivity index (χ2n) is 7.83. The number of hydrogen-bond donors (Lipinski definition) is 2. The molecule has 0 saturated heterocycles. The molecular weight excluding hydrogens is 398 g/mol. The minimum Gasteiger partial charge on any atom is -0.469 e. The molecule has 154 valence electrons. The summed E-state index contributed by atoms with van der Waals surface area (Å²) in [7, 11) is 1.40. The molecule has 0 radical (unpaired) electrons. The molecule has 0 saturated carbocycles. The number of rotatable bonds is 4. The molecule has 1 N–H and O–H groups in total. The van der Waals surface area contributed by atoms with E-state index in [4.69, 9.17) is 4.74 Å². The molecule has 0 fully saturated rings. The van der Waals surface area contributed by atoms with Gasteiger partial charge in [-0.3, -0.25) is 9.52 Å². The fraction of sp³-hybridized carbons (Fsp3) is 0.375. The molecule has 2 aromatic carbocycles. The molecule has 5 heteroatoms. The number of nitrogens with one attached hydrogen (secondary N) is 1. The van der Waals surface area contributed by atoms with E-state index < -0.39 is 5.54 Å². The van der Waals surface area contributed by atoms with Gasteiger partial charge in [0.25, 0.3) is 0 Å². The summed E-state index contributed by atoms with van der Waals surface area (Å²) in [6.07, 6.45) is 0.202. The van der Waals surface area contributed by atoms with Gasteiger partial charge >= 0.3 is 5.97 Å². The summed E-state index contributed by atoms with van der Waals surface area (Å²) in [5.41, 5.74) is 1.39. The molecule has 0 aliphatic rings. The van der Waals surface area contributed by atoms with Crippen molar-refractivity contribution in [2.75, 3.05) is 7.11 Å². The molecule has 29 heavy (non-hydrogen) atoms. The van der Waals surface area contributed by atoms with Gasteiger partial charge in [0.15, 0.2) is 0 Å². The second kappa shape index (κ2) is 10.2. The molecule has 0 bridgehead atoms. The van der Waals surface area contributed by atoms with Gasteiger partial charge < -0.3 is 4.74 Å². The lowest BCUT2D eigenvalue weighted by Gasteiger charge is -2.28. The predicted octanol–water partition coefficient (Wildman–Crippen LogP) is 6.30. The minimum absolute atomic E-state index is 0.202. The molecule has 3 aromatic rings. The van der Waals surface area contributed by atoms with Gasteiger partial charge in [-0.05, 0) is 55.7 Å². The molecule has 0 amide bonds. The van der Waals surface area contributed by atoms with E-state index in [2.05, 4.69) is 74.4 Å². The Bertz CT molecular complexity index is 1060. The fourth-order valence-electron chi connectivity index (χ4n) is 2.91. The second-order valence-corrected chi connectivity index (χ2v) is 9.14. The first kappa shape index (κ1) is 23.3. The quantitative estimate of drug-likeness (QED) is 0.291. The highest BCUT2D eigenvalue weighted by Crippen LogP contribution is 2.37. The zero-order chi connectivity index (χ0) is 21.6. The Kier molecular flexibility index (Phi) is 8.15. The topological polar surface area (TPSA) is 38.3 Å². The van der Waals surface area contributed by atoms with Crippen molar-refractivity contribution in [3.63, 3.8) is 0 Å². The van der Waals surface area contributed by atoms with Gasteiger partial charge in [0.1, 0.15) is 0 Å². The highest BCUT2D eigenvalue weighted by molar-refractivity contribution is 7.78. The Morgan fingerprint density at radius 2 is 1.76 bits per heavy atom. The van der Waals surface area contributed by atoms with Gasteiger partial charge in [-0.2, -0.15) is 0 Å². The van der Waals surface area contributed by atoms with Gasteiger partial charge in [0.05, 0.1) is 19.1 Å². The SMILES string of the molecule is CC#Cc1ccc2sc3ccc([C@](C)(CC(=O)OC)NS)cc3c2c1.CC(C)C. The number of thiol groups is 1. The molecule has 1 heterocycles. The third-order valence-electron chi connectivity index (χ3n) is 4.35. The Hall–Kier alpha value is -2.00. The number of thiophene rings is 1. The molecule has 3 rings (SSSR count). The van der Waals surface area contributed by atoms with Crippen LogP contribution < -0.4 is 4.72 Å². The lowest BCUT2D eigenvalue weighted by Crippen LogP contribution is -2.36. The summed E-state index contributed by atoms with van der Waals surface area (Å²) in [6, 6.07) is 12.6. The summed E-state index contributed by atoms with van der Waals surface area (Å²) >= 11 is 6.00. The molecule has 1 atom stereocenters. The molecular formula is C24H29NO2S2. The van der Waals surface area contributed by atoms with Crippen LogP contribution >= 0.6 is 24.2 Å². The van der Waals surface area contributed by atoms with E-state index in [0.29, 0.717) is 0 Å². The Labute approximate surface area is 183 Å². The van der Waals surface area contributed by atoms with Crippen molar-refractivity contribution >= 4 is 50.3 Å². The monoisotopic (exact) mass is 427 g/mol. The van der Waals surface area contributed by atoms with Crippen molar-refractivity contribution in [2.45, 2.75) is 46.6 Å². The van der Waals surface area contributed by atoms with E-state index in [-0.39, 0.29) is 12.4 Å². The van der Waals surface area contributed by atoms with Gasteiger partial charge in [-0.1, -0.05) is 45.6 Å². The van der Waals surface area contributed by atoms with Crippen LogP contribution in [-0.4, -0.2) is 13.1 Å². The number of benzene rings is 2. The van der Waals surface area contributed by atoms with E-state index in [9.17, 15) is 4.79 Å². The molecule has 0 aliphatic carbocycles. The fourth-order valence-corrected chi connectivity index (χ4v) is 4.18. The smallest absolute Gasteiger partial charge is 0.307 e. The normalized spacial score (nSPS) is 12.7. The van der Waals surface area contributed by atoms with Crippen LogP contribution in [0.15, 0.2) is 36.4 Å². The van der Waals surface area contributed by atoms with Crippen molar-refractivity contribution in [2.24, 2.45) is 5.92 Å². The van der Waals surface area contributed by atoms with E-state index in [1.165, 1.54) is 21.9 Å². The summed E-state index contributed by atoms with van der Waals surface area (Å²) in [5, 5.41) is 2.35. The van der Waals surface area contributed by atoms with Gasteiger partial charge in [-0.25, -0.2) is 0 Å². The van der Waals surface area contributed by atoms with Crippen LogP contribution in [0.25, 0.3) is 20.2 Å². The molecule has 1 aromatic heterocycles. The Morgan fingerprint density at radius 3 is 2.31 bits per heavy atom. The lowest BCUT2D eigenvalue weighted by molar-refractivity contribution is -0.142. The molecule has 3 nitrogen and oxygen atoms in total. The Balaban J connectivity index is 0.000000687. The number of carbonyl (C=O) groups is 1. The first-order valence-corrected chi connectivity index (χ1v) is 10.9. The van der Waals surface area contributed by atoms with E-state index in [1.54, 1.807) is 11.3 Å². The van der Waals surface area contributed by atoms with Gasteiger partial charge in [0.2, 0.25) is 0 Å². The average molecular weight is 428 g/mol. The van der Waals surface area contributed by atoms with Crippen molar-refractivity contribution in [3.05, 3.63) is 47.5 Å². The zero-order valence-electron chi connectivity index (χ0n) is 17.9. The van der Waals surface area contributed by atoms with Crippen LogP contribution in [0.1, 0.15) is 52.2 Å². The minimum atomic E-state index is -0.612. The summed E-state index contributed by atoms with van der Waals surface area (Å²) < 4.78 is 10.2. The summed E-state index contributed by atoms with van der Waals surface area (Å²) in [4.78, 5) is 11.8. The summed E-state index contributed by atoms with van der Waals surface area (Å²) in [5.74, 6) is 6.61. The standard InChI is InChI=1S/C20H19NO2S2.C4H10/c1-4-5-13-6-8-17-15(10-13)16-11-14(7-9-18(16)25-17)20(2,21-24)12-19(22)23-3;1-4(2)3/h6-11,21,24H,12H2,1-3H3;4H,1-3H3/t20-;/m0./s1. The van der Waals surface area contributed by atoms with E-state index in [0.717, 1.165) is 22.4 Å². The van der Waals surface area contributed by atoms with Crippen LogP contribution in [0.3, 0.4) is 0 Å². The van der Waals surface area contributed by atoms with Crippen molar-refractivity contribution in [3.8, 4) is 11.8 Å². The highest BCUT2D eigenvalue weighted by atomic mass is 32.1. The van der Waals surface area contributed by atoms with Crippen molar-refractivity contribution in [1.29, 1.82) is 0 Å². The largest absolute Gasteiger partial charge is 0.469 e. The molecule has 0 aliphatic heterocycles. The average Bonchev–Trinajstić information content (AvgIpc) is 3.05. The first-order chi connectivity index (χ1) is 13.7. The highest BCUT2D eigenvalue weighted by Gasteiger charge is 2.29. The van der Waals surface area contributed by atoms with Crippen LogP contribution in [-0.2, 0) is 15.1 Å². The number of methoxy groups -OCH3 is 1. The van der Waals surface area contributed by atoms with E-state index >= 15 is 0 Å². The Morgan fingerprint density at radius 1 is 1.17 bits per heavy atom. The third kappa shape index (κ3) is 5.76. The van der Waals surface area contributed by atoms with Crippen molar-refractivity contribution < 1.29 is 9.53 Å². The van der Waals surface area contributed by atoms with Crippen LogP contribution in [0.2, 0.25) is 0 Å². The number of ether oxygens (including phenoxy) is 1. The number of fused-ring (bicyclic) bond motifs is 3. The number of esters is 1. The van der Waals surface area contributed by atoms with Gasteiger partial charge in [-0.15, -0.1) is 17.3 Å².